The minimum absolute atomic E-state index is 0.389. The van der Waals surface area contributed by atoms with Crippen LogP contribution in [-0.4, -0.2) is 23.8 Å². The highest BCUT2D eigenvalue weighted by Crippen LogP contribution is 2.47. The molecule has 1 aliphatic carbocycles. The van der Waals surface area contributed by atoms with Crippen molar-refractivity contribution in [1.82, 2.24) is 10.3 Å². The predicted octanol–water partition coefficient (Wildman–Crippen LogP) is 7.84. The van der Waals surface area contributed by atoms with Gasteiger partial charge in [0.15, 0.2) is 5.58 Å². The Morgan fingerprint density at radius 2 is 1.75 bits per heavy atom. The van der Waals surface area contributed by atoms with Gasteiger partial charge in [0, 0.05) is 17.3 Å². The molecule has 186 valence electrons. The van der Waals surface area contributed by atoms with E-state index in [1.807, 2.05) is 51.1 Å². The van der Waals surface area contributed by atoms with Crippen LogP contribution in [0.15, 0.2) is 69.7 Å². The number of furan rings is 1. The molecule has 0 bridgehead atoms. The van der Waals surface area contributed by atoms with Gasteiger partial charge in [0.05, 0.1) is 22.5 Å². The van der Waals surface area contributed by atoms with Gasteiger partial charge >= 0.3 is 6.09 Å². The zero-order chi connectivity index (χ0) is 25.5. The molecule has 1 N–H and O–H groups in total. The van der Waals surface area contributed by atoms with Crippen LogP contribution in [0.4, 0.5) is 4.79 Å². The molecule has 6 nitrogen and oxygen atoms in total. The number of ether oxygens (including phenoxy) is 2. The summed E-state index contributed by atoms with van der Waals surface area (Å²) in [6.07, 6.45) is 4.11. The lowest BCUT2D eigenvalue weighted by Crippen LogP contribution is -2.52. The molecule has 1 aliphatic rings. The Balaban J connectivity index is 1.57. The third-order valence-corrected chi connectivity index (χ3v) is 7.10. The molecule has 0 saturated heterocycles. The quantitative estimate of drug-likeness (QED) is 0.275. The summed E-state index contributed by atoms with van der Waals surface area (Å²) < 4.78 is 18.3. The van der Waals surface area contributed by atoms with E-state index in [1.54, 1.807) is 13.3 Å². The van der Waals surface area contributed by atoms with E-state index in [0.29, 0.717) is 11.5 Å². The van der Waals surface area contributed by atoms with Gasteiger partial charge < -0.3 is 19.2 Å². The molecular weight excluding hydrogens is 520 g/mol. The van der Waals surface area contributed by atoms with E-state index in [4.69, 9.17) is 13.9 Å². The number of methoxy groups -OCH3 is 1. The number of fused-ring (bicyclic) bond motifs is 1. The van der Waals surface area contributed by atoms with E-state index >= 15 is 0 Å². The molecule has 2 heterocycles. The van der Waals surface area contributed by atoms with Gasteiger partial charge in [-0.3, -0.25) is 0 Å². The van der Waals surface area contributed by atoms with Crippen LogP contribution in [-0.2, 0) is 10.3 Å². The first-order chi connectivity index (χ1) is 17.2. The normalized spacial score (nSPS) is 14.8. The Labute approximate surface area is 219 Å². The maximum Gasteiger partial charge on any atom is 0.408 e. The Morgan fingerprint density at radius 1 is 1.06 bits per heavy atom. The average Bonchev–Trinajstić information content (AvgIpc) is 3.23. The molecule has 0 radical (unpaired) electrons. The fourth-order valence-corrected chi connectivity index (χ4v) is 5.12. The number of pyridine rings is 1. The van der Waals surface area contributed by atoms with Crippen molar-refractivity contribution in [2.24, 2.45) is 0 Å². The third kappa shape index (κ3) is 4.48. The zero-order valence-corrected chi connectivity index (χ0v) is 22.4. The van der Waals surface area contributed by atoms with E-state index in [-0.39, 0.29) is 6.09 Å². The van der Waals surface area contributed by atoms with E-state index in [9.17, 15) is 4.79 Å². The minimum atomic E-state index is -0.543. The molecule has 1 saturated carbocycles. The van der Waals surface area contributed by atoms with Crippen LogP contribution in [0.1, 0.15) is 45.6 Å². The maximum absolute atomic E-state index is 12.6. The topological polar surface area (TPSA) is 73.6 Å². The summed E-state index contributed by atoms with van der Waals surface area (Å²) in [6, 6.07) is 18.3. The third-order valence-electron chi connectivity index (χ3n) is 6.54. The molecule has 7 heteroatoms. The van der Waals surface area contributed by atoms with Gasteiger partial charge in [0.2, 0.25) is 5.88 Å². The van der Waals surface area contributed by atoms with Crippen molar-refractivity contribution < 1.29 is 18.7 Å². The molecule has 0 atom stereocenters. The van der Waals surface area contributed by atoms with Crippen LogP contribution in [0.25, 0.3) is 33.4 Å². The Hall–Kier alpha value is -3.32. The number of hydrogen-bond donors (Lipinski definition) is 1. The SMILES string of the molecule is COc1ncc(Br)c2oc(-c3ccc(C4(NC(=O)OC(C)(C)C)CCC4)cc3)c(-c3ccccc3)c12. The number of amides is 1. The van der Waals surface area contributed by atoms with Crippen molar-refractivity contribution in [3.05, 3.63) is 70.8 Å². The van der Waals surface area contributed by atoms with Crippen LogP contribution in [0.5, 0.6) is 5.88 Å². The smallest absolute Gasteiger partial charge is 0.408 e. The molecular formula is C29H29BrN2O4. The number of benzene rings is 2. The molecule has 5 rings (SSSR count). The second kappa shape index (κ2) is 9.28. The van der Waals surface area contributed by atoms with Crippen molar-refractivity contribution in [2.75, 3.05) is 7.11 Å². The number of alkyl carbamates (subject to hydrolysis) is 1. The maximum atomic E-state index is 12.6. The molecule has 0 spiro atoms. The van der Waals surface area contributed by atoms with Crippen molar-refractivity contribution in [2.45, 2.75) is 51.2 Å². The van der Waals surface area contributed by atoms with Crippen LogP contribution < -0.4 is 10.1 Å². The predicted molar refractivity (Wildman–Crippen MR) is 144 cm³/mol. The summed E-state index contributed by atoms with van der Waals surface area (Å²) in [7, 11) is 1.61. The Kier molecular flexibility index (Phi) is 6.29. The van der Waals surface area contributed by atoms with Crippen molar-refractivity contribution in [3.63, 3.8) is 0 Å². The van der Waals surface area contributed by atoms with Gasteiger partial charge in [-0.2, -0.15) is 0 Å². The number of rotatable bonds is 5. The lowest BCUT2D eigenvalue weighted by molar-refractivity contribution is 0.0377. The van der Waals surface area contributed by atoms with Crippen molar-refractivity contribution in [1.29, 1.82) is 0 Å². The highest BCUT2D eigenvalue weighted by atomic mass is 79.9. The van der Waals surface area contributed by atoms with E-state index in [2.05, 4.69) is 50.5 Å². The van der Waals surface area contributed by atoms with E-state index in [0.717, 1.165) is 57.1 Å². The second-order valence-corrected chi connectivity index (χ2v) is 11.0. The van der Waals surface area contributed by atoms with Gasteiger partial charge in [0.1, 0.15) is 11.4 Å². The molecule has 0 aliphatic heterocycles. The fraction of sp³-hybridized carbons (Fsp3) is 0.310. The highest BCUT2D eigenvalue weighted by molar-refractivity contribution is 9.10. The standard InChI is InChI=1S/C29H29BrN2O4/c1-28(2,3)36-27(33)32-29(15-8-16-29)20-13-11-19(12-14-20)24-22(18-9-6-5-7-10-18)23-25(35-24)21(30)17-31-26(23)34-4/h5-7,9-14,17H,8,15-16H2,1-4H3,(H,32,33). The summed E-state index contributed by atoms with van der Waals surface area (Å²) in [6.45, 7) is 5.61. The van der Waals surface area contributed by atoms with Crippen LogP contribution in [0, 0.1) is 0 Å². The number of hydrogen-bond acceptors (Lipinski definition) is 5. The first kappa shape index (κ1) is 24.4. The highest BCUT2D eigenvalue weighted by Gasteiger charge is 2.41. The van der Waals surface area contributed by atoms with Gasteiger partial charge in [0.25, 0.3) is 0 Å². The number of nitrogens with one attached hydrogen (secondary N) is 1. The molecule has 36 heavy (non-hydrogen) atoms. The van der Waals surface area contributed by atoms with Crippen molar-refractivity contribution >= 4 is 33.0 Å². The molecule has 1 amide bonds. The minimum Gasteiger partial charge on any atom is -0.480 e. The largest absolute Gasteiger partial charge is 0.480 e. The molecule has 0 unspecified atom stereocenters. The molecule has 2 aromatic heterocycles. The van der Waals surface area contributed by atoms with Crippen LogP contribution in [0.3, 0.4) is 0 Å². The second-order valence-electron chi connectivity index (χ2n) is 10.1. The summed E-state index contributed by atoms with van der Waals surface area (Å²) in [4.78, 5) is 17.0. The Bertz CT molecular complexity index is 1400. The van der Waals surface area contributed by atoms with Gasteiger partial charge in [-0.25, -0.2) is 9.78 Å². The van der Waals surface area contributed by atoms with Gasteiger partial charge in [-0.1, -0.05) is 54.6 Å². The van der Waals surface area contributed by atoms with Crippen LogP contribution >= 0.6 is 15.9 Å². The molecule has 1 fully saturated rings. The van der Waals surface area contributed by atoms with E-state index < -0.39 is 11.1 Å². The monoisotopic (exact) mass is 548 g/mol. The summed E-state index contributed by atoms with van der Waals surface area (Å²) in [5, 5.41) is 3.95. The van der Waals surface area contributed by atoms with Crippen molar-refractivity contribution in [3.8, 4) is 28.3 Å². The van der Waals surface area contributed by atoms with Gasteiger partial charge in [-0.05, 0) is 67.1 Å². The average molecular weight is 549 g/mol. The summed E-state index contributed by atoms with van der Waals surface area (Å²) >= 11 is 3.59. The zero-order valence-electron chi connectivity index (χ0n) is 20.9. The summed E-state index contributed by atoms with van der Waals surface area (Å²) in [5.74, 6) is 1.24. The lowest BCUT2D eigenvalue weighted by atomic mass is 9.71. The summed E-state index contributed by atoms with van der Waals surface area (Å²) in [5.41, 5.74) is 3.65. The van der Waals surface area contributed by atoms with Gasteiger partial charge in [-0.15, -0.1) is 0 Å². The molecule has 2 aromatic carbocycles. The first-order valence-electron chi connectivity index (χ1n) is 12.0. The number of aromatic nitrogens is 1. The molecule has 4 aromatic rings. The lowest BCUT2D eigenvalue weighted by Gasteiger charge is -2.43. The number of nitrogens with zero attached hydrogens (tertiary/aromatic N) is 1. The van der Waals surface area contributed by atoms with E-state index in [1.165, 1.54) is 0 Å². The first-order valence-corrected chi connectivity index (χ1v) is 12.8. The number of carbonyl (C=O) groups is 1. The fourth-order valence-electron chi connectivity index (χ4n) is 4.74. The van der Waals surface area contributed by atoms with Crippen LogP contribution in [0.2, 0.25) is 0 Å². The Morgan fingerprint density at radius 3 is 2.33 bits per heavy atom. The number of halogens is 1. The number of carbonyl (C=O) groups excluding carboxylic acids is 1.